The summed E-state index contributed by atoms with van der Waals surface area (Å²) in [6.45, 7) is 19.3. The second kappa shape index (κ2) is 10.6. The summed E-state index contributed by atoms with van der Waals surface area (Å²) in [5, 5.41) is 11.5. The number of aromatic nitrogens is 1. The number of fused-ring (bicyclic) bond motifs is 1. The summed E-state index contributed by atoms with van der Waals surface area (Å²) < 4.78 is 74.0. The van der Waals surface area contributed by atoms with Crippen molar-refractivity contribution in [3.8, 4) is 0 Å². The lowest BCUT2D eigenvalue weighted by molar-refractivity contribution is -0.289. The number of pyridine rings is 1. The first-order valence-electron chi connectivity index (χ1n) is 13.1. The third-order valence-corrected chi connectivity index (χ3v) is 13.7. The van der Waals surface area contributed by atoms with Crippen molar-refractivity contribution in [2.75, 3.05) is 0 Å². The Labute approximate surface area is 243 Å². The van der Waals surface area contributed by atoms with E-state index in [1.54, 1.807) is 0 Å². The molecule has 0 saturated carbocycles. The number of alkyl halides is 5. The third kappa shape index (κ3) is 6.38. The molecule has 0 radical (unpaired) electrons. The molecule has 10 heteroatoms. The minimum atomic E-state index is -5.71. The van der Waals surface area contributed by atoms with Crippen molar-refractivity contribution in [2.45, 2.75) is 110 Å². The average Bonchev–Trinajstić information content (AvgIpc) is 2.75. The largest absolute Gasteiger partial charge is 0.458 e. The summed E-state index contributed by atoms with van der Waals surface area (Å²) in [5.41, 5.74) is 2.10. The summed E-state index contributed by atoms with van der Waals surface area (Å²) in [6.07, 6.45) is -5.68. The van der Waals surface area contributed by atoms with Crippen molar-refractivity contribution in [1.29, 1.82) is 0 Å². The Morgan fingerprint density at radius 2 is 1.59 bits per heavy atom. The van der Waals surface area contributed by atoms with Crippen LogP contribution in [0.1, 0.15) is 107 Å². The van der Waals surface area contributed by atoms with Gasteiger partial charge in [0, 0.05) is 26.0 Å². The number of rotatable bonds is 6. The van der Waals surface area contributed by atoms with Crippen LogP contribution < -0.4 is 0 Å². The molecule has 0 amide bonds. The normalized spacial score (nSPS) is 19.3. The standard InChI is InChI=1S/C29H39F5INO2Si/c1-16(2)24-22(25(37)17-10-12-18(13-11-17)28(30,31)29(32,33)34)23(35)21-19(36-24)14-27(6,7)15-20(21)38-39(8,9)26(3,4)5/h10-13,16,20,25,37H,14-15H2,1-9H3/t20?,25-/m1/s1. The lowest BCUT2D eigenvalue weighted by atomic mass is 9.74. The number of nitrogens with zero attached hydrogens (tertiary/aromatic N) is 1. The van der Waals surface area contributed by atoms with Gasteiger partial charge in [0.25, 0.3) is 0 Å². The first-order chi connectivity index (χ1) is 17.5. The molecule has 218 valence electrons. The fraction of sp³-hybridized carbons (Fsp3) is 0.621. The van der Waals surface area contributed by atoms with Gasteiger partial charge >= 0.3 is 12.1 Å². The number of aliphatic hydroxyl groups excluding tert-OH is 1. The van der Waals surface area contributed by atoms with Crippen molar-refractivity contribution in [3.05, 3.63) is 61.5 Å². The van der Waals surface area contributed by atoms with Gasteiger partial charge in [-0.1, -0.05) is 72.7 Å². The minimum absolute atomic E-state index is 0.0198. The zero-order chi connectivity index (χ0) is 29.9. The molecule has 1 aliphatic rings. The highest BCUT2D eigenvalue weighted by Crippen LogP contribution is 2.50. The van der Waals surface area contributed by atoms with Crippen LogP contribution in [0.2, 0.25) is 18.1 Å². The molecule has 1 aromatic carbocycles. The minimum Gasteiger partial charge on any atom is -0.410 e. The molecule has 1 unspecified atom stereocenters. The molecule has 0 fully saturated rings. The Kier molecular flexibility index (Phi) is 8.82. The van der Waals surface area contributed by atoms with E-state index in [1.165, 1.54) is 0 Å². The van der Waals surface area contributed by atoms with E-state index < -0.39 is 32.1 Å². The SMILES string of the molecule is CC(C)c1nc2c(c(I)c1[C@H](O)c1ccc(C(F)(F)C(F)(F)F)cc1)C(O[Si](C)(C)C(C)(C)C)CC(C)(C)C2. The quantitative estimate of drug-likeness (QED) is 0.187. The van der Waals surface area contributed by atoms with Crippen LogP contribution in [-0.2, 0) is 16.8 Å². The molecule has 0 saturated heterocycles. The van der Waals surface area contributed by atoms with Crippen LogP contribution in [0.5, 0.6) is 0 Å². The molecule has 2 atom stereocenters. The maximum absolute atomic E-state index is 13.9. The Hall–Kier alpha value is -1.11. The number of benzene rings is 1. The molecule has 0 aliphatic heterocycles. The Morgan fingerprint density at radius 1 is 1.05 bits per heavy atom. The average molecular weight is 684 g/mol. The molecule has 0 bridgehead atoms. The third-order valence-electron chi connectivity index (χ3n) is 8.03. The first-order valence-corrected chi connectivity index (χ1v) is 17.1. The van der Waals surface area contributed by atoms with Gasteiger partial charge in [0.1, 0.15) is 6.10 Å². The maximum atomic E-state index is 13.9. The predicted molar refractivity (Wildman–Crippen MR) is 155 cm³/mol. The zero-order valence-corrected chi connectivity index (χ0v) is 27.2. The van der Waals surface area contributed by atoms with Gasteiger partial charge in [-0.05, 0) is 70.5 Å². The lowest BCUT2D eigenvalue weighted by Gasteiger charge is -2.44. The highest BCUT2D eigenvalue weighted by atomic mass is 127. The molecule has 2 aromatic rings. The van der Waals surface area contributed by atoms with Crippen LogP contribution in [-0.4, -0.2) is 24.6 Å². The van der Waals surface area contributed by atoms with Gasteiger partial charge in [0.15, 0.2) is 8.32 Å². The van der Waals surface area contributed by atoms with Crippen molar-refractivity contribution < 1.29 is 31.5 Å². The number of halogens is 6. The van der Waals surface area contributed by atoms with Crippen molar-refractivity contribution in [2.24, 2.45) is 5.41 Å². The van der Waals surface area contributed by atoms with Gasteiger partial charge in [-0.15, -0.1) is 0 Å². The van der Waals surface area contributed by atoms with Crippen LogP contribution in [0.4, 0.5) is 22.0 Å². The molecule has 1 N–H and O–H groups in total. The zero-order valence-electron chi connectivity index (χ0n) is 24.0. The van der Waals surface area contributed by atoms with Gasteiger partial charge < -0.3 is 9.53 Å². The van der Waals surface area contributed by atoms with Crippen LogP contribution in [0.15, 0.2) is 24.3 Å². The molecule has 1 aromatic heterocycles. The number of aliphatic hydroxyl groups is 1. The van der Waals surface area contributed by atoms with Crippen LogP contribution in [0.3, 0.4) is 0 Å². The molecule has 0 spiro atoms. The lowest BCUT2D eigenvalue weighted by Crippen LogP contribution is -2.44. The van der Waals surface area contributed by atoms with Crippen molar-refractivity contribution in [1.82, 2.24) is 4.98 Å². The Morgan fingerprint density at radius 3 is 2.05 bits per heavy atom. The Balaban J connectivity index is 2.16. The van der Waals surface area contributed by atoms with Crippen molar-refractivity contribution in [3.63, 3.8) is 0 Å². The number of hydrogen-bond acceptors (Lipinski definition) is 3. The smallest absolute Gasteiger partial charge is 0.410 e. The first kappa shape index (κ1) is 32.4. The van der Waals surface area contributed by atoms with Gasteiger partial charge in [0.05, 0.1) is 11.8 Å². The van der Waals surface area contributed by atoms with E-state index >= 15 is 0 Å². The van der Waals surface area contributed by atoms with E-state index in [9.17, 15) is 27.1 Å². The fourth-order valence-electron chi connectivity index (χ4n) is 4.78. The summed E-state index contributed by atoms with van der Waals surface area (Å²) in [7, 11) is -2.19. The molecule has 1 heterocycles. The van der Waals surface area contributed by atoms with E-state index in [0.29, 0.717) is 11.3 Å². The van der Waals surface area contributed by atoms with E-state index in [-0.39, 0.29) is 28.0 Å². The van der Waals surface area contributed by atoms with Gasteiger partial charge in [0.2, 0.25) is 0 Å². The van der Waals surface area contributed by atoms with E-state index in [1.807, 2.05) is 13.8 Å². The Bertz CT molecular complexity index is 1200. The topological polar surface area (TPSA) is 42.4 Å². The summed E-state index contributed by atoms with van der Waals surface area (Å²) >= 11 is 2.22. The van der Waals surface area contributed by atoms with Crippen LogP contribution >= 0.6 is 22.6 Å². The van der Waals surface area contributed by atoms with E-state index in [4.69, 9.17) is 9.41 Å². The van der Waals surface area contributed by atoms with Crippen LogP contribution in [0.25, 0.3) is 0 Å². The second-order valence-corrected chi connectivity index (χ2v) is 19.1. The van der Waals surface area contributed by atoms with Gasteiger partial charge in [-0.2, -0.15) is 22.0 Å². The molecule has 1 aliphatic carbocycles. The van der Waals surface area contributed by atoms with E-state index in [2.05, 4.69) is 70.3 Å². The molecule has 39 heavy (non-hydrogen) atoms. The molecule has 3 nitrogen and oxygen atoms in total. The summed E-state index contributed by atoms with van der Waals surface area (Å²) in [5.74, 6) is -5.05. The second-order valence-electron chi connectivity index (χ2n) is 13.2. The van der Waals surface area contributed by atoms with Gasteiger partial charge in [-0.25, -0.2) is 0 Å². The highest BCUT2D eigenvalue weighted by Gasteiger charge is 2.58. The molecule has 3 rings (SSSR count). The maximum Gasteiger partial charge on any atom is 0.458 e. The number of hydrogen-bond donors (Lipinski definition) is 1. The summed E-state index contributed by atoms with van der Waals surface area (Å²) in [4.78, 5) is 5.05. The summed E-state index contributed by atoms with van der Waals surface area (Å²) in [6, 6.07) is 3.72. The van der Waals surface area contributed by atoms with Crippen molar-refractivity contribution >= 4 is 30.9 Å². The molecular formula is C29H39F5INO2Si. The monoisotopic (exact) mass is 683 g/mol. The highest BCUT2D eigenvalue weighted by molar-refractivity contribution is 14.1. The van der Waals surface area contributed by atoms with Crippen LogP contribution in [0, 0.1) is 8.99 Å². The predicted octanol–water partition coefficient (Wildman–Crippen LogP) is 9.58. The molecular weight excluding hydrogens is 644 g/mol. The van der Waals surface area contributed by atoms with Gasteiger partial charge in [-0.3, -0.25) is 4.98 Å². The van der Waals surface area contributed by atoms with E-state index in [0.717, 1.165) is 51.9 Å². The fourth-order valence-corrected chi connectivity index (χ4v) is 7.28.